The molecule has 0 aromatic heterocycles. The molecule has 0 saturated carbocycles. The van der Waals surface area contributed by atoms with Crippen molar-refractivity contribution in [1.82, 2.24) is 0 Å². The molecule has 0 spiro atoms. The number of carbonyl (C=O) groups excluding carboxylic acids is 3. The van der Waals surface area contributed by atoms with Gasteiger partial charge in [0.05, 0.1) is 6.42 Å². The van der Waals surface area contributed by atoms with Gasteiger partial charge >= 0.3 is 17.9 Å². The molecule has 0 aromatic carbocycles. The number of unbranched alkanes of at least 4 members (excludes halogenated alkanes) is 32. The summed E-state index contributed by atoms with van der Waals surface area (Å²) in [4.78, 5) is 36.2. The molecule has 0 aromatic rings. The van der Waals surface area contributed by atoms with Crippen molar-refractivity contribution in [2.75, 3.05) is 0 Å². The lowest BCUT2D eigenvalue weighted by molar-refractivity contribution is -0.159. The van der Waals surface area contributed by atoms with Gasteiger partial charge in [-0.2, -0.15) is 0 Å². The van der Waals surface area contributed by atoms with Gasteiger partial charge in [-0.1, -0.05) is 224 Å². The number of rotatable bonds is 39. The second kappa shape index (κ2) is 40.8. The summed E-state index contributed by atoms with van der Waals surface area (Å²) in [6.07, 6.45) is 43.6. The average Bonchev–Trinajstić information content (AvgIpc) is 3.12. The van der Waals surface area contributed by atoms with Crippen LogP contribution in [0.2, 0.25) is 0 Å². The maximum atomic E-state index is 12.1. The van der Waals surface area contributed by atoms with Gasteiger partial charge in [0.15, 0.2) is 0 Å². The lowest BCUT2D eigenvalue weighted by atomic mass is 10.0. The third-order valence-corrected chi connectivity index (χ3v) is 10.1. The lowest BCUT2D eigenvalue weighted by Gasteiger charge is -2.07. The van der Waals surface area contributed by atoms with E-state index in [2.05, 4.69) is 19.0 Å². The molecule has 0 unspecified atom stereocenters. The van der Waals surface area contributed by atoms with Gasteiger partial charge in [0.25, 0.3) is 0 Å². The van der Waals surface area contributed by atoms with Crippen molar-refractivity contribution < 1.29 is 29.1 Å². The third kappa shape index (κ3) is 39.1. The predicted molar refractivity (Wildman–Crippen MR) is 213 cm³/mol. The van der Waals surface area contributed by atoms with Crippen LogP contribution in [-0.4, -0.2) is 29.0 Å². The topological polar surface area (TPSA) is 102 Å². The molecule has 0 aliphatic carbocycles. The second-order valence-electron chi connectivity index (χ2n) is 15.1. The molecule has 300 valence electrons. The van der Waals surface area contributed by atoms with E-state index in [-0.39, 0.29) is 31.6 Å². The van der Waals surface area contributed by atoms with Crippen LogP contribution in [0.5, 0.6) is 0 Å². The standard InChI is InChI=1S/C44H83NO6/c1-3-5-7-9-11-13-15-17-19-21-23-25-27-29-31-33-35-37-42(46)50-41(45-49)39-40-44(48)51-43(47)38-36-34-32-30-28-26-24-22-20-18-16-14-12-10-8-6-4-2/h49H,3-40H2,1-2H3/b45-41-. The molecule has 0 rings (SSSR count). The van der Waals surface area contributed by atoms with Gasteiger partial charge in [0, 0.05) is 19.3 Å². The summed E-state index contributed by atoms with van der Waals surface area (Å²) in [5.74, 6) is -1.91. The van der Waals surface area contributed by atoms with Crippen molar-refractivity contribution in [1.29, 1.82) is 0 Å². The van der Waals surface area contributed by atoms with Crippen LogP contribution >= 0.6 is 0 Å². The Bertz CT molecular complexity index is 813. The summed E-state index contributed by atoms with van der Waals surface area (Å²) >= 11 is 0. The van der Waals surface area contributed by atoms with Crippen LogP contribution in [0.3, 0.4) is 0 Å². The smallest absolute Gasteiger partial charge is 0.313 e. The monoisotopic (exact) mass is 722 g/mol. The number of esters is 3. The van der Waals surface area contributed by atoms with Crippen molar-refractivity contribution in [3.8, 4) is 0 Å². The summed E-state index contributed by atoms with van der Waals surface area (Å²) in [5.41, 5.74) is 0. The highest BCUT2D eigenvalue weighted by molar-refractivity contribution is 5.91. The van der Waals surface area contributed by atoms with Gasteiger partial charge in [-0.3, -0.25) is 14.4 Å². The SMILES string of the molecule is CCCCCCCCCCCCCCCCCCCC(=O)OC(=O)CC/C(=N/O)OC(=O)CCCCCCCCCCCCCCCCCCC. The fourth-order valence-corrected chi connectivity index (χ4v) is 6.73. The minimum Gasteiger partial charge on any atom is -0.408 e. The zero-order chi connectivity index (χ0) is 37.3. The van der Waals surface area contributed by atoms with Crippen LogP contribution in [0, 0.1) is 0 Å². The van der Waals surface area contributed by atoms with Gasteiger partial charge in [-0.05, 0) is 12.8 Å². The number of nitrogens with zero attached hydrogens (tertiary/aromatic N) is 1. The zero-order valence-corrected chi connectivity index (χ0v) is 33.8. The molecule has 51 heavy (non-hydrogen) atoms. The van der Waals surface area contributed by atoms with Crippen LogP contribution < -0.4 is 0 Å². The summed E-state index contributed by atoms with van der Waals surface area (Å²) in [6.45, 7) is 4.54. The van der Waals surface area contributed by atoms with Gasteiger partial charge in [0.1, 0.15) is 0 Å². The maximum absolute atomic E-state index is 12.1. The van der Waals surface area contributed by atoms with Crippen LogP contribution in [0.4, 0.5) is 0 Å². The van der Waals surface area contributed by atoms with Crippen LogP contribution in [0.15, 0.2) is 5.16 Å². The average molecular weight is 722 g/mol. The van der Waals surface area contributed by atoms with Gasteiger partial charge in [0.2, 0.25) is 5.90 Å². The van der Waals surface area contributed by atoms with Crippen LogP contribution in [0.25, 0.3) is 0 Å². The predicted octanol–water partition coefficient (Wildman–Crippen LogP) is 14.3. The molecule has 0 bridgehead atoms. The minimum atomic E-state index is -0.697. The van der Waals surface area contributed by atoms with Crippen LogP contribution in [-0.2, 0) is 23.9 Å². The molecule has 7 nitrogen and oxygen atoms in total. The second-order valence-corrected chi connectivity index (χ2v) is 15.1. The van der Waals surface area contributed by atoms with E-state index in [4.69, 9.17) is 9.47 Å². The summed E-state index contributed by atoms with van der Waals surface area (Å²) in [5, 5.41) is 12.2. The Hall–Kier alpha value is -1.92. The third-order valence-electron chi connectivity index (χ3n) is 10.1. The highest BCUT2D eigenvalue weighted by Gasteiger charge is 2.15. The number of carbonyl (C=O) groups is 3. The summed E-state index contributed by atoms with van der Waals surface area (Å²) in [6, 6.07) is 0. The quantitative estimate of drug-likeness (QED) is 0.0129. The van der Waals surface area contributed by atoms with E-state index < -0.39 is 17.9 Å². The number of oxime groups is 1. The molecule has 0 radical (unpaired) electrons. The van der Waals surface area contributed by atoms with Crippen LogP contribution in [0.1, 0.15) is 258 Å². The fraction of sp³-hybridized carbons (Fsp3) is 0.909. The Morgan fingerprint density at radius 1 is 0.333 bits per heavy atom. The van der Waals surface area contributed by atoms with E-state index in [1.54, 1.807) is 0 Å². The summed E-state index contributed by atoms with van der Waals surface area (Å²) < 4.78 is 10.0. The Balaban J connectivity index is 3.57. The lowest BCUT2D eigenvalue weighted by Crippen LogP contribution is -2.17. The first-order valence-corrected chi connectivity index (χ1v) is 22.2. The van der Waals surface area contributed by atoms with E-state index in [0.717, 1.165) is 32.1 Å². The number of hydrogen-bond acceptors (Lipinski definition) is 7. The largest absolute Gasteiger partial charge is 0.408 e. The molecule has 0 atom stereocenters. The summed E-state index contributed by atoms with van der Waals surface area (Å²) in [7, 11) is 0. The maximum Gasteiger partial charge on any atom is 0.313 e. The van der Waals surface area contributed by atoms with E-state index in [1.807, 2.05) is 0 Å². The van der Waals surface area contributed by atoms with Crippen molar-refractivity contribution in [3.05, 3.63) is 0 Å². The molecule has 7 heteroatoms. The Kier molecular flexibility index (Phi) is 39.3. The van der Waals surface area contributed by atoms with Gasteiger partial charge in [-0.25, -0.2) is 0 Å². The molecule has 0 amide bonds. The van der Waals surface area contributed by atoms with E-state index in [9.17, 15) is 19.6 Å². The number of ether oxygens (including phenoxy) is 2. The first-order chi connectivity index (χ1) is 25.0. The Morgan fingerprint density at radius 3 is 0.843 bits per heavy atom. The highest BCUT2D eigenvalue weighted by atomic mass is 16.6. The first-order valence-electron chi connectivity index (χ1n) is 22.2. The Labute approximate surface area is 315 Å². The normalized spacial score (nSPS) is 11.6. The molecule has 0 fully saturated rings. The zero-order valence-electron chi connectivity index (χ0n) is 33.8. The molecule has 0 aliphatic heterocycles. The highest BCUT2D eigenvalue weighted by Crippen LogP contribution is 2.16. The van der Waals surface area contributed by atoms with Crippen molar-refractivity contribution >= 4 is 23.8 Å². The molecule has 0 saturated heterocycles. The molecular weight excluding hydrogens is 638 g/mol. The van der Waals surface area contributed by atoms with E-state index in [1.165, 1.54) is 180 Å². The van der Waals surface area contributed by atoms with Crippen molar-refractivity contribution in [3.63, 3.8) is 0 Å². The molecule has 0 heterocycles. The molecule has 1 N–H and O–H groups in total. The minimum absolute atomic E-state index is 0.0907. The van der Waals surface area contributed by atoms with Crippen molar-refractivity contribution in [2.45, 2.75) is 258 Å². The van der Waals surface area contributed by atoms with Crippen molar-refractivity contribution in [2.24, 2.45) is 5.16 Å². The first kappa shape index (κ1) is 49.1. The van der Waals surface area contributed by atoms with E-state index >= 15 is 0 Å². The molecular formula is C44H83NO6. The fourth-order valence-electron chi connectivity index (χ4n) is 6.73. The Morgan fingerprint density at radius 2 is 0.569 bits per heavy atom. The van der Waals surface area contributed by atoms with E-state index in [0.29, 0.717) is 6.42 Å². The van der Waals surface area contributed by atoms with Gasteiger partial charge < -0.3 is 14.7 Å². The van der Waals surface area contributed by atoms with Gasteiger partial charge in [-0.15, -0.1) is 0 Å². The number of hydrogen-bond donors (Lipinski definition) is 1. The molecule has 0 aliphatic rings.